The monoisotopic (exact) mass is 406 g/mol. The van der Waals surface area contributed by atoms with Crippen molar-refractivity contribution >= 4 is 21.5 Å². The summed E-state index contributed by atoms with van der Waals surface area (Å²) in [4.78, 5) is 0. The van der Waals surface area contributed by atoms with Gasteiger partial charge in [0.25, 0.3) is 0 Å². The van der Waals surface area contributed by atoms with E-state index < -0.39 is 0 Å². The standard InChI is InChI=1S/C28H38O2/c1-5-8-12-18-29-27-23-14-10-11-15-24(23)28(30-19-13-9-6-2)26-20-22(21(4)7-3)16-17-25(26)27/h10-11,14-17,20-21H,5-9,12-13,18-19H2,1-4H3. The van der Waals surface area contributed by atoms with E-state index in [1.54, 1.807) is 0 Å². The Labute approximate surface area is 182 Å². The molecule has 0 fully saturated rings. The first-order valence-electron chi connectivity index (χ1n) is 11.9. The molecule has 0 aliphatic rings. The second kappa shape index (κ2) is 11.2. The van der Waals surface area contributed by atoms with E-state index in [-0.39, 0.29) is 0 Å². The molecule has 0 heterocycles. The number of benzene rings is 3. The molecule has 0 saturated heterocycles. The lowest BCUT2D eigenvalue weighted by Crippen LogP contribution is -2.03. The third kappa shape index (κ3) is 5.09. The fourth-order valence-electron chi connectivity index (χ4n) is 4.02. The van der Waals surface area contributed by atoms with Gasteiger partial charge in [-0.15, -0.1) is 0 Å². The maximum Gasteiger partial charge on any atom is 0.135 e. The summed E-state index contributed by atoms with van der Waals surface area (Å²) >= 11 is 0. The van der Waals surface area contributed by atoms with Gasteiger partial charge < -0.3 is 9.47 Å². The molecule has 3 aromatic rings. The Morgan fingerprint density at radius 1 is 0.667 bits per heavy atom. The Kier molecular flexibility index (Phi) is 8.42. The van der Waals surface area contributed by atoms with Gasteiger partial charge in [0.2, 0.25) is 0 Å². The molecule has 30 heavy (non-hydrogen) atoms. The number of fused-ring (bicyclic) bond motifs is 2. The Morgan fingerprint density at radius 2 is 1.20 bits per heavy atom. The second-order valence-electron chi connectivity index (χ2n) is 8.43. The van der Waals surface area contributed by atoms with Crippen molar-refractivity contribution < 1.29 is 9.47 Å². The Balaban J connectivity index is 2.13. The highest BCUT2D eigenvalue weighted by atomic mass is 16.5. The molecule has 162 valence electrons. The highest BCUT2D eigenvalue weighted by molar-refractivity contribution is 6.11. The summed E-state index contributed by atoms with van der Waals surface area (Å²) in [7, 11) is 0. The predicted molar refractivity (Wildman–Crippen MR) is 130 cm³/mol. The molecule has 0 aliphatic carbocycles. The zero-order valence-corrected chi connectivity index (χ0v) is 19.3. The van der Waals surface area contributed by atoms with Crippen molar-refractivity contribution in [3.8, 4) is 11.5 Å². The fraction of sp³-hybridized carbons (Fsp3) is 0.500. The van der Waals surface area contributed by atoms with Gasteiger partial charge in [-0.1, -0.05) is 89.8 Å². The molecular formula is C28H38O2. The first-order valence-corrected chi connectivity index (χ1v) is 11.9. The van der Waals surface area contributed by atoms with Crippen LogP contribution in [-0.2, 0) is 0 Å². The van der Waals surface area contributed by atoms with Crippen LogP contribution in [0.3, 0.4) is 0 Å². The predicted octanol–water partition coefficient (Wildman–Crippen LogP) is 8.64. The topological polar surface area (TPSA) is 18.5 Å². The zero-order valence-electron chi connectivity index (χ0n) is 19.3. The first-order chi connectivity index (χ1) is 14.7. The van der Waals surface area contributed by atoms with Gasteiger partial charge >= 0.3 is 0 Å². The number of ether oxygens (including phenoxy) is 2. The third-order valence-electron chi connectivity index (χ3n) is 6.12. The molecule has 2 heteroatoms. The molecule has 3 rings (SSSR count). The highest BCUT2D eigenvalue weighted by Gasteiger charge is 2.17. The maximum absolute atomic E-state index is 6.45. The van der Waals surface area contributed by atoms with Crippen molar-refractivity contribution in [3.05, 3.63) is 48.0 Å². The third-order valence-corrected chi connectivity index (χ3v) is 6.12. The van der Waals surface area contributed by atoms with Crippen molar-refractivity contribution in [2.75, 3.05) is 13.2 Å². The number of hydrogen-bond donors (Lipinski definition) is 0. The lowest BCUT2D eigenvalue weighted by Gasteiger charge is -2.19. The largest absolute Gasteiger partial charge is 0.492 e. The van der Waals surface area contributed by atoms with Crippen LogP contribution in [0.1, 0.15) is 84.1 Å². The maximum atomic E-state index is 6.45. The van der Waals surface area contributed by atoms with Gasteiger partial charge in [0.1, 0.15) is 11.5 Å². The number of hydrogen-bond acceptors (Lipinski definition) is 2. The molecule has 2 nitrogen and oxygen atoms in total. The van der Waals surface area contributed by atoms with Crippen LogP contribution in [0.2, 0.25) is 0 Å². The molecule has 0 aromatic heterocycles. The zero-order chi connectivity index (χ0) is 21.3. The Hall–Kier alpha value is -2.22. The van der Waals surface area contributed by atoms with Crippen LogP contribution in [0.4, 0.5) is 0 Å². The van der Waals surface area contributed by atoms with Crippen LogP contribution >= 0.6 is 0 Å². The van der Waals surface area contributed by atoms with Crippen LogP contribution in [0.5, 0.6) is 11.5 Å². The number of rotatable bonds is 12. The van der Waals surface area contributed by atoms with Gasteiger partial charge in [0.15, 0.2) is 0 Å². The Morgan fingerprint density at radius 3 is 1.73 bits per heavy atom. The smallest absolute Gasteiger partial charge is 0.135 e. The molecule has 0 saturated carbocycles. The molecule has 0 bridgehead atoms. The molecule has 3 aromatic carbocycles. The van der Waals surface area contributed by atoms with Crippen LogP contribution in [0, 0.1) is 0 Å². The Bertz CT molecular complexity index is 944. The van der Waals surface area contributed by atoms with Gasteiger partial charge in [-0.25, -0.2) is 0 Å². The molecule has 0 amide bonds. The van der Waals surface area contributed by atoms with Crippen molar-refractivity contribution in [2.45, 2.75) is 78.6 Å². The summed E-state index contributed by atoms with van der Waals surface area (Å²) in [5.74, 6) is 2.55. The summed E-state index contributed by atoms with van der Waals surface area (Å²) in [6.45, 7) is 10.5. The van der Waals surface area contributed by atoms with E-state index in [9.17, 15) is 0 Å². The summed E-state index contributed by atoms with van der Waals surface area (Å²) in [6.07, 6.45) is 8.12. The van der Waals surface area contributed by atoms with E-state index in [0.717, 1.165) is 54.7 Å². The highest BCUT2D eigenvalue weighted by Crippen LogP contribution is 2.44. The fourth-order valence-corrected chi connectivity index (χ4v) is 4.02. The van der Waals surface area contributed by atoms with E-state index in [2.05, 4.69) is 70.2 Å². The van der Waals surface area contributed by atoms with Gasteiger partial charge in [-0.05, 0) is 36.8 Å². The molecule has 0 spiro atoms. The summed E-state index contributed by atoms with van der Waals surface area (Å²) < 4.78 is 12.8. The van der Waals surface area contributed by atoms with Gasteiger partial charge in [-0.2, -0.15) is 0 Å². The first kappa shape index (κ1) is 22.5. The van der Waals surface area contributed by atoms with E-state index in [0.29, 0.717) is 5.92 Å². The van der Waals surface area contributed by atoms with E-state index in [4.69, 9.17) is 9.47 Å². The second-order valence-corrected chi connectivity index (χ2v) is 8.43. The molecule has 0 radical (unpaired) electrons. The molecule has 0 N–H and O–H groups in total. The van der Waals surface area contributed by atoms with Crippen molar-refractivity contribution in [1.29, 1.82) is 0 Å². The van der Waals surface area contributed by atoms with Gasteiger partial charge in [-0.3, -0.25) is 0 Å². The van der Waals surface area contributed by atoms with Crippen LogP contribution in [0.15, 0.2) is 42.5 Å². The normalized spacial score (nSPS) is 12.4. The summed E-state index contributed by atoms with van der Waals surface area (Å²) in [6, 6.07) is 15.4. The van der Waals surface area contributed by atoms with Crippen molar-refractivity contribution in [3.63, 3.8) is 0 Å². The molecule has 1 unspecified atom stereocenters. The van der Waals surface area contributed by atoms with Crippen molar-refractivity contribution in [1.82, 2.24) is 0 Å². The molecule has 1 atom stereocenters. The number of unbranched alkanes of at least 4 members (excludes halogenated alkanes) is 4. The summed E-state index contributed by atoms with van der Waals surface area (Å²) in [5, 5.41) is 4.67. The SMILES string of the molecule is CCCCCOc1c2ccccc2c(OCCCCC)c2cc(C(C)CC)ccc12. The minimum absolute atomic E-state index is 0.530. The van der Waals surface area contributed by atoms with E-state index >= 15 is 0 Å². The van der Waals surface area contributed by atoms with Crippen LogP contribution in [0.25, 0.3) is 21.5 Å². The minimum Gasteiger partial charge on any atom is -0.492 e. The molecular weight excluding hydrogens is 368 g/mol. The van der Waals surface area contributed by atoms with Crippen molar-refractivity contribution in [2.24, 2.45) is 0 Å². The van der Waals surface area contributed by atoms with Gasteiger partial charge in [0.05, 0.1) is 13.2 Å². The van der Waals surface area contributed by atoms with E-state index in [1.165, 1.54) is 42.0 Å². The summed E-state index contributed by atoms with van der Waals surface area (Å²) in [5.41, 5.74) is 1.37. The lowest BCUT2D eigenvalue weighted by atomic mass is 9.93. The van der Waals surface area contributed by atoms with Crippen LogP contribution < -0.4 is 9.47 Å². The van der Waals surface area contributed by atoms with Crippen LogP contribution in [-0.4, -0.2) is 13.2 Å². The minimum atomic E-state index is 0.530. The van der Waals surface area contributed by atoms with E-state index in [1.807, 2.05) is 0 Å². The average Bonchev–Trinajstić information content (AvgIpc) is 2.79. The van der Waals surface area contributed by atoms with Gasteiger partial charge in [0, 0.05) is 21.5 Å². The lowest BCUT2D eigenvalue weighted by molar-refractivity contribution is 0.308. The quantitative estimate of drug-likeness (QED) is 0.221. The average molecular weight is 407 g/mol. The molecule has 0 aliphatic heterocycles.